The third-order valence-electron chi connectivity index (χ3n) is 17.0. The zero-order valence-electron chi connectivity index (χ0n) is 50.8. The van der Waals surface area contributed by atoms with Gasteiger partial charge in [-0.2, -0.15) is 0 Å². The summed E-state index contributed by atoms with van der Waals surface area (Å²) in [4.78, 5) is 13.1. The molecular weight excluding hydrogens is 947 g/mol. The summed E-state index contributed by atoms with van der Waals surface area (Å²) >= 11 is 0. The average molecular weight is 1080 g/mol. The van der Waals surface area contributed by atoms with Gasteiger partial charge in [0, 0.05) is 6.42 Å². The molecule has 454 valence electrons. The van der Waals surface area contributed by atoms with Crippen LogP contribution in [-0.2, 0) is 14.3 Å². The van der Waals surface area contributed by atoms with Gasteiger partial charge in [-0.15, -0.1) is 0 Å². The highest BCUT2D eigenvalue weighted by atomic mass is 16.7. The molecule has 1 saturated heterocycles. The molecule has 0 spiro atoms. The van der Waals surface area contributed by atoms with Gasteiger partial charge in [0.15, 0.2) is 6.29 Å². The zero-order valence-corrected chi connectivity index (χ0v) is 50.8. The Bertz CT molecular complexity index is 1160. The lowest BCUT2D eigenvalue weighted by atomic mass is 9.99. The molecule has 0 saturated carbocycles. The third-order valence-corrected chi connectivity index (χ3v) is 17.0. The van der Waals surface area contributed by atoms with E-state index in [2.05, 4.69) is 19.2 Å². The maximum absolute atomic E-state index is 13.1. The van der Waals surface area contributed by atoms with E-state index < -0.39 is 49.5 Å². The van der Waals surface area contributed by atoms with Crippen molar-refractivity contribution in [1.82, 2.24) is 5.32 Å². The number of hydrogen-bond acceptors (Lipinski definition) is 8. The Balaban J connectivity index is 2.11. The van der Waals surface area contributed by atoms with Crippen LogP contribution in [0.25, 0.3) is 0 Å². The van der Waals surface area contributed by atoms with Gasteiger partial charge in [0.1, 0.15) is 24.4 Å². The Morgan fingerprint density at radius 1 is 0.395 bits per heavy atom. The molecule has 0 aromatic heterocycles. The lowest BCUT2D eigenvalue weighted by molar-refractivity contribution is -0.302. The number of carbonyl (C=O) groups is 1. The van der Waals surface area contributed by atoms with Crippen LogP contribution in [0.2, 0.25) is 0 Å². The zero-order chi connectivity index (χ0) is 55.0. The first-order chi connectivity index (χ1) is 37.3. The summed E-state index contributed by atoms with van der Waals surface area (Å²) in [5.74, 6) is -0.133. The van der Waals surface area contributed by atoms with E-state index in [1.807, 2.05) is 0 Å². The van der Waals surface area contributed by atoms with Gasteiger partial charge in [-0.25, -0.2) is 0 Å². The molecule has 0 aromatic carbocycles. The molecule has 1 rings (SSSR count). The van der Waals surface area contributed by atoms with Crippen LogP contribution in [0.15, 0.2) is 0 Å². The van der Waals surface area contributed by atoms with Gasteiger partial charge >= 0.3 is 0 Å². The van der Waals surface area contributed by atoms with Gasteiger partial charge in [0.25, 0.3) is 0 Å². The van der Waals surface area contributed by atoms with Crippen molar-refractivity contribution in [1.29, 1.82) is 0 Å². The second-order valence-corrected chi connectivity index (χ2v) is 24.3. The first-order valence-electron chi connectivity index (χ1n) is 34.2. The number of hydrogen-bond donors (Lipinski definition) is 6. The van der Waals surface area contributed by atoms with E-state index in [1.54, 1.807) is 0 Å². The number of aliphatic hydroxyl groups excluding tert-OH is 5. The van der Waals surface area contributed by atoms with E-state index in [-0.39, 0.29) is 12.5 Å². The highest BCUT2D eigenvalue weighted by Crippen LogP contribution is 2.24. The fourth-order valence-electron chi connectivity index (χ4n) is 11.6. The standard InChI is InChI=1S/C67H133NO8/c1-3-5-7-9-11-13-15-17-19-21-23-25-27-29-31-33-35-37-39-41-43-45-47-49-51-53-55-57-63(71)68-60(59-75-67-66(74)65(73)64(72)62(58-69)76-67)61(70)56-54-52-50-48-46-44-42-40-38-36-34-32-30-28-26-24-22-20-18-16-14-12-10-8-6-4-2/h60-62,64-67,69-70,72-74H,3-59H2,1-2H3,(H,68,71). The van der Waals surface area contributed by atoms with Crippen LogP contribution < -0.4 is 5.32 Å². The summed E-state index contributed by atoms with van der Waals surface area (Å²) in [5, 5.41) is 54.9. The smallest absolute Gasteiger partial charge is 0.220 e. The van der Waals surface area contributed by atoms with Gasteiger partial charge in [-0.3, -0.25) is 4.79 Å². The molecule has 76 heavy (non-hydrogen) atoms. The van der Waals surface area contributed by atoms with Gasteiger partial charge in [-0.05, 0) is 12.8 Å². The Morgan fingerprint density at radius 3 is 0.934 bits per heavy atom. The predicted molar refractivity (Wildman–Crippen MR) is 323 cm³/mol. The van der Waals surface area contributed by atoms with Crippen LogP contribution in [0.4, 0.5) is 0 Å². The number of ether oxygens (including phenoxy) is 2. The van der Waals surface area contributed by atoms with Crippen molar-refractivity contribution in [3.63, 3.8) is 0 Å². The summed E-state index contributed by atoms with van der Waals surface area (Å²) < 4.78 is 11.4. The van der Waals surface area contributed by atoms with Crippen LogP contribution in [0.5, 0.6) is 0 Å². The van der Waals surface area contributed by atoms with E-state index in [0.717, 1.165) is 38.5 Å². The molecule has 1 aliphatic rings. The number of aliphatic hydroxyl groups is 5. The van der Waals surface area contributed by atoms with Crippen molar-refractivity contribution in [2.75, 3.05) is 13.2 Å². The fraction of sp³-hybridized carbons (Fsp3) is 0.985. The molecule has 1 aliphatic heterocycles. The number of amides is 1. The molecular formula is C67H133NO8. The largest absolute Gasteiger partial charge is 0.394 e. The van der Waals surface area contributed by atoms with Crippen molar-refractivity contribution in [2.45, 2.75) is 410 Å². The molecule has 7 unspecified atom stereocenters. The SMILES string of the molecule is CCCCCCCCCCCCCCCCCCCCCCCCCCCCCC(=O)NC(COC1OC(CO)C(O)C(O)C1O)C(O)CCCCCCCCCCCCCCCCCCCCCCCCCCCC. The Hall–Kier alpha value is -0.810. The average Bonchev–Trinajstić information content (AvgIpc) is 3.42. The molecule has 0 aromatic rings. The molecule has 9 heteroatoms. The van der Waals surface area contributed by atoms with E-state index in [4.69, 9.17) is 9.47 Å². The topological polar surface area (TPSA) is 149 Å². The maximum Gasteiger partial charge on any atom is 0.220 e. The van der Waals surface area contributed by atoms with E-state index in [0.29, 0.717) is 12.8 Å². The predicted octanol–water partition coefficient (Wildman–Crippen LogP) is 18.1. The van der Waals surface area contributed by atoms with Gasteiger partial charge in [0.05, 0.1) is 25.4 Å². The van der Waals surface area contributed by atoms with Crippen molar-refractivity contribution in [3.05, 3.63) is 0 Å². The van der Waals surface area contributed by atoms with Crippen LogP contribution in [-0.4, -0.2) is 87.5 Å². The van der Waals surface area contributed by atoms with E-state index >= 15 is 0 Å². The number of unbranched alkanes of at least 4 members (excludes halogenated alkanes) is 51. The molecule has 1 fully saturated rings. The van der Waals surface area contributed by atoms with Crippen molar-refractivity contribution >= 4 is 5.91 Å². The van der Waals surface area contributed by atoms with E-state index in [9.17, 15) is 30.3 Å². The third kappa shape index (κ3) is 45.9. The quantitative estimate of drug-likeness (QED) is 0.0330. The highest BCUT2D eigenvalue weighted by molar-refractivity contribution is 5.76. The molecule has 6 N–H and O–H groups in total. The minimum Gasteiger partial charge on any atom is -0.394 e. The maximum atomic E-state index is 13.1. The van der Waals surface area contributed by atoms with Crippen molar-refractivity contribution in [3.8, 4) is 0 Å². The second-order valence-electron chi connectivity index (χ2n) is 24.3. The molecule has 7 atom stereocenters. The van der Waals surface area contributed by atoms with Crippen LogP contribution in [0.3, 0.4) is 0 Å². The number of carbonyl (C=O) groups excluding carboxylic acids is 1. The van der Waals surface area contributed by atoms with E-state index in [1.165, 1.54) is 302 Å². The summed E-state index contributed by atoms with van der Waals surface area (Å²) in [6, 6.07) is -0.715. The lowest BCUT2D eigenvalue weighted by Crippen LogP contribution is -2.60. The number of nitrogens with one attached hydrogen (secondary N) is 1. The van der Waals surface area contributed by atoms with Crippen LogP contribution >= 0.6 is 0 Å². The monoisotopic (exact) mass is 1080 g/mol. The van der Waals surface area contributed by atoms with Crippen LogP contribution in [0.1, 0.15) is 367 Å². The second kappa shape index (κ2) is 57.4. The van der Waals surface area contributed by atoms with Gasteiger partial charge < -0.3 is 40.3 Å². The fourth-order valence-corrected chi connectivity index (χ4v) is 11.6. The first kappa shape index (κ1) is 73.2. The number of rotatable bonds is 61. The van der Waals surface area contributed by atoms with Gasteiger partial charge in [0.2, 0.25) is 5.91 Å². The minimum absolute atomic E-state index is 0.130. The normalized spacial score (nSPS) is 18.6. The summed E-state index contributed by atoms with van der Waals surface area (Å²) in [5.41, 5.74) is 0. The van der Waals surface area contributed by atoms with Crippen LogP contribution in [0, 0.1) is 0 Å². The first-order valence-corrected chi connectivity index (χ1v) is 34.2. The van der Waals surface area contributed by atoms with Crippen molar-refractivity contribution < 1.29 is 39.8 Å². The molecule has 0 bridgehead atoms. The minimum atomic E-state index is -1.55. The molecule has 0 aliphatic carbocycles. The summed E-state index contributed by atoms with van der Waals surface area (Å²) in [7, 11) is 0. The summed E-state index contributed by atoms with van der Waals surface area (Å²) in [6.45, 7) is 3.91. The molecule has 9 nitrogen and oxygen atoms in total. The molecule has 1 heterocycles. The Morgan fingerprint density at radius 2 is 0.658 bits per heavy atom. The Labute approximate surface area is 472 Å². The molecule has 0 radical (unpaired) electrons. The van der Waals surface area contributed by atoms with Gasteiger partial charge in [-0.1, -0.05) is 348 Å². The Kier molecular flexibility index (Phi) is 55.3. The summed E-state index contributed by atoms with van der Waals surface area (Å²) in [6.07, 6.45) is 64.5. The molecule has 1 amide bonds. The lowest BCUT2D eigenvalue weighted by Gasteiger charge is -2.40. The van der Waals surface area contributed by atoms with Crippen molar-refractivity contribution in [2.24, 2.45) is 0 Å². The highest BCUT2D eigenvalue weighted by Gasteiger charge is 2.44.